The van der Waals surface area contributed by atoms with Gasteiger partial charge in [0, 0.05) is 23.8 Å². The third-order valence-electron chi connectivity index (χ3n) is 3.50. The van der Waals surface area contributed by atoms with Crippen LogP contribution in [0.15, 0.2) is 24.3 Å². The molecular formula is C12H14N2O. The Balaban J connectivity index is 1.88. The van der Waals surface area contributed by atoms with Gasteiger partial charge in [0.15, 0.2) is 0 Å². The number of benzene rings is 1. The molecule has 1 aliphatic carbocycles. The predicted octanol–water partition coefficient (Wildman–Crippen LogP) is 1.64. The average molecular weight is 202 g/mol. The van der Waals surface area contributed by atoms with Gasteiger partial charge < -0.3 is 10.6 Å². The Morgan fingerprint density at radius 1 is 1.20 bits per heavy atom. The average Bonchev–Trinajstić information content (AvgIpc) is 2.18. The molecule has 2 bridgehead atoms. The van der Waals surface area contributed by atoms with Crippen molar-refractivity contribution in [2.45, 2.75) is 12.8 Å². The van der Waals surface area contributed by atoms with Gasteiger partial charge in [-0.15, -0.1) is 0 Å². The number of nitrogens with two attached hydrogens (primary N) is 1. The van der Waals surface area contributed by atoms with Crippen LogP contribution in [0.3, 0.4) is 0 Å². The molecule has 2 saturated heterocycles. The lowest BCUT2D eigenvalue weighted by atomic mass is 9.70. The van der Waals surface area contributed by atoms with Crippen LogP contribution in [0.2, 0.25) is 0 Å². The highest BCUT2D eigenvalue weighted by atomic mass is 16.2. The van der Waals surface area contributed by atoms with Crippen molar-refractivity contribution in [3.8, 4) is 0 Å². The second-order valence-electron chi connectivity index (χ2n) is 4.57. The summed E-state index contributed by atoms with van der Waals surface area (Å²) < 4.78 is 0. The minimum atomic E-state index is 0.293. The van der Waals surface area contributed by atoms with E-state index in [4.69, 9.17) is 5.73 Å². The van der Waals surface area contributed by atoms with Crippen molar-refractivity contribution < 1.29 is 4.79 Å². The fraction of sp³-hybridized carbons (Fsp3) is 0.417. The lowest BCUT2D eigenvalue weighted by Crippen LogP contribution is -2.53. The largest absolute Gasteiger partial charge is 0.399 e. The summed E-state index contributed by atoms with van der Waals surface area (Å²) in [6.07, 6.45) is 2.20. The van der Waals surface area contributed by atoms with Gasteiger partial charge in [-0.1, -0.05) is 0 Å². The molecule has 78 valence electrons. The lowest BCUT2D eigenvalue weighted by molar-refractivity contribution is -0.129. The second kappa shape index (κ2) is 2.99. The number of piperidine rings is 2. The smallest absolute Gasteiger partial charge is 0.230 e. The maximum atomic E-state index is 11.9. The Kier molecular flexibility index (Phi) is 1.75. The van der Waals surface area contributed by atoms with E-state index in [2.05, 4.69) is 0 Å². The highest BCUT2D eigenvalue weighted by molar-refractivity contribution is 5.97. The highest BCUT2D eigenvalue weighted by Crippen LogP contribution is 2.41. The summed E-state index contributed by atoms with van der Waals surface area (Å²) >= 11 is 0. The summed E-state index contributed by atoms with van der Waals surface area (Å²) in [4.78, 5) is 13.8. The molecule has 15 heavy (non-hydrogen) atoms. The number of carbonyl (C=O) groups is 1. The monoisotopic (exact) mass is 202 g/mol. The van der Waals surface area contributed by atoms with E-state index in [1.165, 1.54) is 0 Å². The van der Waals surface area contributed by atoms with E-state index < -0.39 is 0 Å². The van der Waals surface area contributed by atoms with Gasteiger partial charge in [0.1, 0.15) is 0 Å². The SMILES string of the molecule is Nc1ccc(N2CC3CC(C3)C2=O)cc1. The first-order valence-electron chi connectivity index (χ1n) is 5.41. The Labute approximate surface area is 88.9 Å². The summed E-state index contributed by atoms with van der Waals surface area (Å²) in [6.45, 7) is 0.888. The maximum absolute atomic E-state index is 11.9. The molecular weight excluding hydrogens is 188 g/mol. The Hall–Kier alpha value is -1.51. The van der Waals surface area contributed by atoms with Gasteiger partial charge in [-0.2, -0.15) is 0 Å². The van der Waals surface area contributed by atoms with E-state index in [0.717, 1.165) is 36.7 Å². The van der Waals surface area contributed by atoms with Crippen LogP contribution in [0.4, 0.5) is 11.4 Å². The molecule has 3 heteroatoms. The molecule has 4 rings (SSSR count). The first-order valence-corrected chi connectivity index (χ1v) is 5.41. The van der Waals surface area contributed by atoms with Crippen molar-refractivity contribution in [2.75, 3.05) is 17.2 Å². The zero-order valence-corrected chi connectivity index (χ0v) is 8.52. The van der Waals surface area contributed by atoms with Crippen molar-refractivity contribution in [1.82, 2.24) is 0 Å². The summed E-state index contributed by atoms with van der Waals surface area (Å²) in [7, 11) is 0. The normalized spacial score (nSPS) is 28.8. The van der Waals surface area contributed by atoms with Crippen molar-refractivity contribution in [2.24, 2.45) is 11.8 Å². The quantitative estimate of drug-likeness (QED) is 0.704. The zero-order valence-electron chi connectivity index (χ0n) is 8.52. The number of hydrogen-bond acceptors (Lipinski definition) is 2. The minimum Gasteiger partial charge on any atom is -0.399 e. The molecule has 3 aliphatic rings. The van der Waals surface area contributed by atoms with Crippen LogP contribution in [0.1, 0.15) is 12.8 Å². The molecule has 1 aromatic rings. The number of amides is 1. The predicted molar refractivity (Wildman–Crippen MR) is 59.4 cm³/mol. The van der Waals surface area contributed by atoms with Gasteiger partial charge in [0.2, 0.25) is 5.91 Å². The molecule has 0 atom stereocenters. The molecule has 1 saturated carbocycles. The Bertz CT molecular complexity index is 393. The molecule has 3 nitrogen and oxygen atoms in total. The lowest BCUT2D eigenvalue weighted by Gasteiger charge is -2.46. The highest BCUT2D eigenvalue weighted by Gasteiger charge is 2.43. The maximum Gasteiger partial charge on any atom is 0.230 e. The number of fused-ring (bicyclic) bond motifs is 2. The number of nitrogen functional groups attached to an aromatic ring is 1. The number of carbonyl (C=O) groups excluding carboxylic acids is 1. The molecule has 3 fully saturated rings. The second-order valence-corrected chi connectivity index (χ2v) is 4.57. The van der Waals surface area contributed by atoms with E-state index in [1.807, 2.05) is 29.2 Å². The molecule has 2 heterocycles. The summed E-state index contributed by atoms with van der Waals surface area (Å²) in [5.74, 6) is 1.31. The molecule has 1 amide bonds. The molecule has 2 N–H and O–H groups in total. The van der Waals surface area contributed by atoms with Crippen molar-refractivity contribution in [3.63, 3.8) is 0 Å². The van der Waals surface area contributed by atoms with Crippen LogP contribution in [0.5, 0.6) is 0 Å². The number of anilines is 2. The topological polar surface area (TPSA) is 46.3 Å². The van der Waals surface area contributed by atoms with Gasteiger partial charge >= 0.3 is 0 Å². The van der Waals surface area contributed by atoms with Gasteiger partial charge in [-0.05, 0) is 43.0 Å². The van der Waals surface area contributed by atoms with Gasteiger partial charge in [-0.25, -0.2) is 0 Å². The van der Waals surface area contributed by atoms with Crippen LogP contribution >= 0.6 is 0 Å². The molecule has 0 radical (unpaired) electrons. The summed E-state index contributed by atoms with van der Waals surface area (Å²) in [5, 5.41) is 0. The van der Waals surface area contributed by atoms with Crippen LogP contribution in [0, 0.1) is 11.8 Å². The van der Waals surface area contributed by atoms with Crippen LogP contribution in [0.25, 0.3) is 0 Å². The van der Waals surface area contributed by atoms with Gasteiger partial charge in [-0.3, -0.25) is 4.79 Å². The van der Waals surface area contributed by atoms with E-state index in [9.17, 15) is 4.79 Å². The summed E-state index contributed by atoms with van der Waals surface area (Å²) in [5.41, 5.74) is 7.36. The van der Waals surface area contributed by atoms with Crippen LogP contribution in [-0.2, 0) is 4.79 Å². The van der Waals surface area contributed by atoms with Gasteiger partial charge in [0.05, 0.1) is 0 Å². The number of rotatable bonds is 1. The van der Waals surface area contributed by atoms with Crippen molar-refractivity contribution >= 4 is 17.3 Å². The van der Waals surface area contributed by atoms with E-state index >= 15 is 0 Å². The first kappa shape index (κ1) is 8.77. The fourth-order valence-corrected chi connectivity index (χ4v) is 2.54. The van der Waals surface area contributed by atoms with Crippen LogP contribution in [-0.4, -0.2) is 12.5 Å². The number of nitrogens with zero attached hydrogens (tertiary/aromatic N) is 1. The fourth-order valence-electron chi connectivity index (χ4n) is 2.54. The molecule has 0 spiro atoms. The molecule has 2 aliphatic heterocycles. The molecule has 1 aromatic carbocycles. The van der Waals surface area contributed by atoms with Crippen LogP contribution < -0.4 is 10.6 Å². The third-order valence-corrected chi connectivity index (χ3v) is 3.50. The summed E-state index contributed by atoms with van der Waals surface area (Å²) in [6, 6.07) is 7.56. The minimum absolute atomic E-state index is 0.293. The van der Waals surface area contributed by atoms with Crippen molar-refractivity contribution in [3.05, 3.63) is 24.3 Å². The Morgan fingerprint density at radius 2 is 1.87 bits per heavy atom. The third kappa shape index (κ3) is 1.30. The zero-order chi connectivity index (χ0) is 10.4. The van der Waals surface area contributed by atoms with Gasteiger partial charge in [0.25, 0.3) is 0 Å². The van der Waals surface area contributed by atoms with E-state index in [-0.39, 0.29) is 0 Å². The first-order chi connectivity index (χ1) is 7.24. The standard InChI is InChI=1S/C12H14N2O/c13-10-1-3-11(4-2-10)14-7-8-5-9(6-8)12(14)15/h1-4,8-9H,5-7,13H2. The van der Waals surface area contributed by atoms with E-state index in [0.29, 0.717) is 11.8 Å². The molecule has 0 unspecified atom stereocenters. The van der Waals surface area contributed by atoms with Crippen molar-refractivity contribution in [1.29, 1.82) is 0 Å². The van der Waals surface area contributed by atoms with E-state index in [1.54, 1.807) is 0 Å². The Morgan fingerprint density at radius 3 is 2.47 bits per heavy atom. The number of hydrogen-bond donors (Lipinski definition) is 1. The molecule has 0 aromatic heterocycles.